The zero-order chi connectivity index (χ0) is 29.5. The third-order valence-corrected chi connectivity index (χ3v) is 8.99. The molecule has 0 bridgehead atoms. The van der Waals surface area contributed by atoms with Gasteiger partial charge in [-0.2, -0.15) is 0 Å². The van der Waals surface area contributed by atoms with E-state index >= 15 is 0 Å². The number of fused-ring (bicyclic) bond motifs is 3. The van der Waals surface area contributed by atoms with E-state index in [1.165, 1.54) is 72.0 Å². The molecule has 8 aromatic rings. The maximum absolute atomic E-state index is 3.60. The van der Waals surface area contributed by atoms with Crippen LogP contribution in [0.5, 0.6) is 0 Å². The molecular weight excluding hydrogens is 598 g/mol. The lowest BCUT2D eigenvalue weighted by Crippen LogP contribution is -1.97. The van der Waals surface area contributed by atoms with Gasteiger partial charge < -0.3 is 4.57 Å². The van der Waals surface area contributed by atoms with E-state index in [-0.39, 0.29) is 0 Å². The minimum Gasteiger partial charge on any atom is -0.309 e. The molecular formula is C42H28BrN. The van der Waals surface area contributed by atoms with E-state index in [0.717, 1.165) is 4.47 Å². The number of para-hydroxylation sites is 2. The lowest BCUT2D eigenvalue weighted by Gasteiger charge is -2.15. The summed E-state index contributed by atoms with van der Waals surface area (Å²) in [5, 5.41) is 2.51. The highest BCUT2D eigenvalue weighted by atomic mass is 79.9. The Bertz CT molecular complexity index is 2260. The van der Waals surface area contributed by atoms with Crippen LogP contribution in [0.25, 0.3) is 72.0 Å². The van der Waals surface area contributed by atoms with Crippen LogP contribution in [0.15, 0.2) is 174 Å². The summed E-state index contributed by atoms with van der Waals surface area (Å²) in [6, 6.07) is 61.2. The molecule has 0 fully saturated rings. The molecule has 0 spiro atoms. The standard InChI is InChI=1S/C42H28BrN/c43-36-12-8-11-34(27-36)31-17-19-32(20-18-31)35-25-26-39-38-14-5-7-16-41(38)44(42(39)28-35)40-15-6-4-13-37(40)33-23-21-30(22-24-33)29-9-2-1-3-10-29/h1-28H. The van der Waals surface area contributed by atoms with Crippen molar-refractivity contribution in [3.63, 3.8) is 0 Å². The van der Waals surface area contributed by atoms with Crippen molar-refractivity contribution in [2.24, 2.45) is 0 Å². The van der Waals surface area contributed by atoms with Gasteiger partial charge in [-0.15, -0.1) is 0 Å². The van der Waals surface area contributed by atoms with Crippen molar-refractivity contribution in [2.75, 3.05) is 0 Å². The molecule has 8 rings (SSSR count). The summed E-state index contributed by atoms with van der Waals surface area (Å²) >= 11 is 3.60. The third-order valence-electron chi connectivity index (χ3n) is 8.50. The molecule has 0 radical (unpaired) electrons. The van der Waals surface area contributed by atoms with Gasteiger partial charge in [-0.25, -0.2) is 0 Å². The minimum atomic E-state index is 1.09. The molecule has 0 unspecified atom stereocenters. The van der Waals surface area contributed by atoms with Gasteiger partial charge in [0.05, 0.1) is 16.7 Å². The van der Waals surface area contributed by atoms with Crippen molar-refractivity contribution in [3.8, 4) is 50.2 Å². The fourth-order valence-electron chi connectivity index (χ4n) is 6.32. The molecule has 2 heteroatoms. The predicted molar refractivity (Wildman–Crippen MR) is 190 cm³/mol. The SMILES string of the molecule is Brc1cccc(-c2ccc(-c3ccc4c5ccccc5n(-c5ccccc5-c5ccc(-c6ccccc6)cc5)c4c3)cc2)c1. The van der Waals surface area contributed by atoms with Gasteiger partial charge in [-0.3, -0.25) is 0 Å². The Hall–Kier alpha value is -5.18. The van der Waals surface area contributed by atoms with E-state index in [9.17, 15) is 0 Å². The summed E-state index contributed by atoms with van der Waals surface area (Å²) in [5.74, 6) is 0. The first-order valence-corrected chi connectivity index (χ1v) is 15.7. The molecule has 0 saturated carbocycles. The molecule has 208 valence electrons. The Morgan fingerprint density at radius 3 is 1.61 bits per heavy atom. The molecule has 1 nitrogen and oxygen atoms in total. The largest absolute Gasteiger partial charge is 0.309 e. The topological polar surface area (TPSA) is 4.93 Å². The molecule has 0 saturated heterocycles. The van der Waals surface area contributed by atoms with Crippen molar-refractivity contribution in [2.45, 2.75) is 0 Å². The molecule has 1 heterocycles. The van der Waals surface area contributed by atoms with Crippen LogP contribution in [0, 0.1) is 0 Å². The van der Waals surface area contributed by atoms with Crippen LogP contribution >= 0.6 is 15.9 Å². The minimum absolute atomic E-state index is 1.09. The van der Waals surface area contributed by atoms with Gasteiger partial charge in [-0.05, 0) is 69.3 Å². The molecule has 1 aromatic heterocycles. The Balaban J connectivity index is 1.26. The van der Waals surface area contributed by atoms with Crippen LogP contribution in [0.4, 0.5) is 0 Å². The molecule has 0 aliphatic heterocycles. The number of benzene rings is 7. The quantitative estimate of drug-likeness (QED) is 0.179. The summed E-state index contributed by atoms with van der Waals surface area (Å²) in [4.78, 5) is 0. The Kier molecular flexibility index (Phi) is 6.70. The average molecular weight is 627 g/mol. The van der Waals surface area contributed by atoms with E-state index in [4.69, 9.17) is 0 Å². The molecule has 7 aromatic carbocycles. The van der Waals surface area contributed by atoms with Crippen LogP contribution in [-0.4, -0.2) is 4.57 Å². The van der Waals surface area contributed by atoms with Crippen molar-refractivity contribution in [3.05, 3.63) is 174 Å². The van der Waals surface area contributed by atoms with Crippen LogP contribution in [-0.2, 0) is 0 Å². The number of nitrogens with zero attached hydrogens (tertiary/aromatic N) is 1. The fourth-order valence-corrected chi connectivity index (χ4v) is 6.72. The van der Waals surface area contributed by atoms with Crippen LogP contribution < -0.4 is 0 Å². The number of aromatic nitrogens is 1. The Morgan fingerprint density at radius 2 is 0.864 bits per heavy atom. The number of hydrogen-bond acceptors (Lipinski definition) is 0. The second-order valence-electron chi connectivity index (χ2n) is 11.1. The molecule has 0 aliphatic carbocycles. The summed E-state index contributed by atoms with van der Waals surface area (Å²) in [6.45, 7) is 0. The number of halogens is 1. The van der Waals surface area contributed by atoms with Gasteiger partial charge in [-0.1, -0.05) is 155 Å². The monoisotopic (exact) mass is 625 g/mol. The lowest BCUT2D eigenvalue weighted by molar-refractivity contribution is 1.18. The Morgan fingerprint density at radius 1 is 0.341 bits per heavy atom. The first-order chi connectivity index (χ1) is 21.7. The molecule has 0 aliphatic rings. The lowest BCUT2D eigenvalue weighted by atomic mass is 9.98. The van der Waals surface area contributed by atoms with Gasteiger partial charge >= 0.3 is 0 Å². The van der Waals surface area contributed by atoms with E-state index < -0.39 is 0 Å². The van der Waals surface area contributed by atoms with Crippen LogP contribution in [0.2, 0.25) is 0 Å². The summed E-state index contributed by atoms with van der Waals surface area (Å²) in [7, 11) is 0. The van der Waals surface area contributed by atoms with E-state index in [2.05, 4.69) is 190 Å². The molecule has 0 atom stereocenters. The zero-order valence-corrected chi connectivity index (χ0v) is 25.6. The van der Waals surface area contributed by atoms with Crippen molar-refractivity contribution in [1.29, 1.82) is 0 Å². The van der Waals surface area contributed by atoms with Gasteiger partial charge in [0, 0.05) is 20.8 Å². The van der Waals surface area contributed by atoms with Gasteiger partial charge in [0.25, 0.3) is 0 Å². The van der Waals surface area contributed by atoms with E-state index in [1.54, 1.807) is 0 Å². The Labute approximate surface area is 265 Å². The molecule has 0 amide bonds. The van der Waals surface area contributed by atoms with Crippen LogP contribution in [0.1, 0.15) is 0 Å². The van der Waals surface area contributed by atoms with Gasteiger partial charge in [0.2, 0.25) is 0 Å². The van der Waals surface area contributed by atoms with Crippen LogP contribution in [0.3, 0.4) is 0 Å². The molecule has 0 N–H and O–H groups in total. The highest BCUT2D eigenvalue weighted by Crippen LogP contribution is 2.38. The van der Waals surface area contributed by atoms with Crippen molar-refractivity contribution < 1.29 is 0 Å². The first-order valence-electron chi connectivity index (χ1n) is 14.9. The summed E-state index contributed by atoms with van der Waals surface area (Å²) in [6.07, 6.45) is 0. The maximum Gasteiger partial charge on any atom is 0.0547 e. The van der Waals surface area contributed by atoms with Gasteiger partial charge in [0.1, 0.15) is 0 Å². The normalized spacial score (nSPS) is 11.3. The maximum atomic E-state index is 3.60. The fraction of sp³-hybridized carbons (Fsp3) is 0. The summed E-state index contributed by atoms with van der Waals surface area (Å²) in [5.41, 5.74) is 13.3. The predicted octanol–water partition coefficient (Wildman–Crippen LogP) is 12.2. The second-order valence-corrected chi connectivity index (χ2v) is 12.0. The first kappa shape index (κ1) is 26.4. The second kappa shape index (κ2) is 11.1. The van der Waals surface area contributed by atoms with Crippen molar-refractivity contribution >= 4 is 37.7 Å². The van der Waals surface area contributed by atoms with E-state index in [0.29, 0.717) is 0 Å². The zero-order valence-electron chi connectivity index (χ0n) is 24.0. The highest BCUT2D eigenvalue weighted by molar-refractivity contribution is 9.10. The van der Waals surface area contributed by atoms with E-state index in [1.807, 2.05) is 0 Å². The van der Waals surface area contributed by atoms with Gasteiger partial charge in [0.15, 0.2) is 0 Å². The smallest absolute Gasteiger partial charge is 0.0547 e. The number of rotatable bonds is 5. The third kappa shape index (κ3) is 4.74. The molecule has 44 heavy (non-hydrogen) atoms. The summed E-state index contributed by atoms with van der Waals surface area (Å²) < 4.78 is 3.52. The number of hydrogen-bond donors (Lipinski definition) is 0. The average Bonchev–Trinajstić information content (AvgIpc) is 3.42. The van der Waals surface area contributed by atoms with Crippen molar-refractivity contribution in [1.82, 2.24) is 4.57 Å². The highest BCUT2D eigenvalue weighted by Gasteiger charge is 2.16.